The summed E-state index contributed by atoms with van der Waals surface area (Å²) in [4.78, 5) is 32.9. The van der Waals surface area contributed by atoms with Crippen molar-refractivity contribution in [1.82, 2.24) is 15.3 Å². The summed E-state index contributed by atoms with van der Waals surface area (Å²) < 4.78 is 0. The lowest BCUT2D eigenvalue weighted by molar-refractivity contribution is 0.0950. The Morgan fingerprint density at radius 2 is 1.79 bits per heavy atom. The van der Waals surface area contributed by atoms with E-state index < -0.39 is 5.91 Å². The molecule has 2 saturated carbocycles. The lowest BCUT2D eigenvalue weighted by atomic mass is 10.0. The minimum absolute atomic E-state index is 0.125. The third-order valence-electron chi connectivity index (χ3n) is 5.90. The molecule has 168 valence electrons. The molecule has 1 heterocycles. The number of amides is 2. The van der Waals surface area contributed by atoms with Gasteiger partial charge in [-0.15, -0.1) is 0 Å². The van der Waals surface area contributed by atoms with Crippen LogP contribution in [0.3, 0.4) is 0 Å². The number of aromatic nitrogens is 2. The topological polar surface area (TPSA) is 122 Å². The van der Waals surface area contributed by atoms with Crippen molar-refractivity contribution < 1.29 is 9.59 Å². The van der Waals surface area contributed by atoms with Crippen molar-refractivity contribution in [3.05, 3.63) is 76.4 Å². The number of halogens is 1. The van der Waals surface area contributed by atoms with E-state index in [-0.39, 0.29) is 17.5 Å². The van der Waals surface area contributed by atoms with Gasteiger partial charge < -0.3 is 21.7 Å². The van der Waals surface area contributed by atoms with Crippen LogP contribution in [0.5, 0.6) is 0 Å². The average Bonchev–Trinajstić information content (AvgIpc) is 3.74. The number of primary amides is 1. The molecule has 2 aliphatic carbocycles. The van der Waals surface area contributed by atoms with Crippen LogP contribution >= 0.6 is 11.6 Å². The molecule has 2 aliphatic rings. The van der Waals surface area contributed by atoms with E-state index in [2.05, 4.69) is 25.9 Å². The van der Waals surface area contributed by atoms with Crippen LogP contribution in [0.1, 0.15) is 52.0 Å². The van der Waals surface area contributed by atoms with Gasteiger partial charge >= 0.3 is 0 Å². The molecule has 5 rings (SSSR count). The van der Waals surface area contributed by atoms with E-state index in [9.17, 15) is 9.59 Å². The van der Waals surface area contributed by atoms with Gasteiger partial charge in [0.05, 0.1) is 23.0 Å². The molecule has 0 unspecified atom stereocenters. The van der Waals surface area contributed by atoms with E-state index in [1.807, 2.05) is 30.3 Å². The van der Waals surface area contributed by atoms with Gasteiger partial charge in [0.2, 0.25) is 11.9 Å². The molecule has 0 aliphatic heterocycles. The lowest BCUT2D eigenvalue weighted by Gasteiger charge is -2.19. The fourth-order valence-electron chi connectivity index (χ4n) is 3.70. The molecular formula is C24H23ClN6O2. The van der Waals surface area contributed by atoms with Gasteiger partial charge in [0.15, 0.2) is 5.82 Å². The van der Waals surface area contributed by atoms with Gasteiger partial charge in [-0.05, 0) is 55.5 Å². The molecule has 2 amide bonds. The molecule has 33 heavy (non-hydrogen) atoms. The largest absolute Gasteiger partial charge is 0.366 e. The summed E-state index contributed by atoms with van der Waals surface area (Å²) in [5, 5.41) is 9.94. The van der Waals surface area contributed by atoms with Crippen LogP contribution in [0, 0.1) is 0 Å². The van der Waals surface area contributed by atoms with E-state index in [0.717, 1.165) is 31.2 Å². The predicted molar refractivity (Wildman–Crippen MR) is 127 cm³/mol. The van der Waals surface area contributed by atoms with Crippen molar-refractivity contribution >= 4 is 40.9 Å². The van der Waals surface area contributed by atoms with Crippen molar-refractivity contribution in [2.24, 2.45) is 5.73 Å². The van der Waals surface area contributed by atoms with Crippen LogP contribution < -0.4 is 21.7 Å². The fourth-order valence-corrected chi connectivity index (χ4v) is 3.84. The maximum absolute atomic E-state index is 12.6. The van der Waals surface area contributed by atoms with Gasteiger partial charge in [-0.1, -0.05) is 35.9 Å². The molecule has 0 atom stereocenters. The Kier molecular flexibility index (Phi) is 5.38. The fraction of sp³-hybridized carbons (Fsp3) is 0.250. The van der Waals surface area contributed by atoms with E-state index in [0.29, 0.717) is 33.6 Å². The normalized spacial score (nSPS) is 16.0. The minimum Gasteiger partial charge on any atom is -0.366 e. The summed E-state index contributed by atoms with van der Waals surface area (Å²) >= 11 is 6.36. The van der Waals surface area contributed by atoms with E-state index in [1.165, 1.54) is 6.20 Å². The Balaban J connectivity index is 1.36. The molecule has 0 radical (unpaired) electrons. The smallest absolute Gasteiger partial charge is 0.253 e. The average molecular weight is 463 g/mol. The van der Waals surface area contributed by atoms with Crippen LogP contribution in [-0.4, -0.2) is 27.8 Å². The predicted octanol–water partition coefficient (Wildman–Crippen LogP) is 3.97. The van der Waals surface area contributed by atoms with E-state index >= 15 is 0 Å². The highest BCUT2D eigenvalue weighted by Gasteiger charge is 2.45. The maximum Gasteiger partial charge on any atom is 0.253 e. The summed E-state index contributed by atoms with van der Waals surface area (Å²) in [6.45, 7) is 0. The van der Waals surface area contributed by atoms with Crippen molar-refractivity contribution in [3.63, 3.8) is 0 Å². The maximum atomic E-state index is 12.6. The van der Waals surface area contributed by atoms with Gasteiger partial charge in [0, 0.05) is 11.6 Å². The number of benzene rings is 2. The van der Waals surface area contributed by atoms with Crippen LogP contribution in [0.2, 0.25) is 5.02 Å². The molecule has 0 saturated heterocycles. The summed E-state index contributed by atoms with van der Waals surface area (Å²) in [6.07, 6.45) is 5.37. The summed E-state index contributed by atoms with van der Waals surface area (Å²) in [5.74, 6) is 0.238. The highest BCUT2D eigenvalue weighted by molar-refractivity contribution is 6.33. The third-order valence-corrected chi connectivity index (χ3v) is 6.18. The summed E-state index contributed by atoms with van der Waals surface area (Å²) in [5.41, 5.74) is 7.68. The van der Waals surface area contributed by atoms with Crippen molar-refractivity contribution in [2.75, 3.05) is 10.6 Å². The number of nitrogens with zero attached hydrogens (tertiary/aromatic N) is 2. The Bertz CT molecular complexity index is 1220. The van der Waals surface area contributed by atoms with Crippen molar-refractivity contribution in [1.29, 1.82) is 0 Å². The highest BCUT2D eigenvalue weighted by Crippen LogP contribution is 2.48. The van der Waals surface area contributed by atoms with Gasteiger partial charge in [0.1, 0.15) is 5.02 Å². The number of para-hydroxylation sites is 1. The molecule has 3 aromatic rings. The number of anilines is 3. The summed E-state index contributed by atoms with van der Waals surface area (Å²) in [6, 6.07) is 14.7. The van der Waals surface area contributed by atoms with Crippen LogP contribution in [0.15, 0.2) is 54.7 Å². The molecule has 8 nitrogen and oxygen atoms in total. The molecule has 1 aromatic heterocycles. The zero-order valence-electron chi connectivity index (χ0n) is 17.8. The molecule has 2 fully saturated rings. The Morgan fingerprint density at radius 1 is 1.06 bits per heavy atom. The number of carbonyl (C=O) groups is 2. The second kappa shape index (κ2) is 8.37. The quantitative estimate of drug-likeness (QED) is 0.402. The molecule has 0 spiro atoms. The van der Waals surface area contributed by atoms with E-state index in [1.54, 1.807) is 18.2 Å². The zero-order chi connectivity index (χ0) is 23.0. The molecule has 9 heteroatoms. The summed E-state index contributed by atoms with van der Waals surface area (Å²) in [7, 11) is 0. The monoisotopic (exact) mass is 462 g/mol. The number of hydrogen-bond acceptors (Lipinski definition) is 6. The Morgan fingerprint density at radius 3 is 2.45 bits per heavy atom. The molecule has 5 N–H and O–H groups in total. The number of rotatable bonds is 8. The lowest BCUT2D eigenvalue weighted by Crippen LogP contribution is -2.26. The van der Waals surface area contributed by atoms with Crippen molar-refractivity contribution in [3.8, 4) is 0 Å². The second-order valence-electron chi connectivity index (χ2n) is 8.46. The minimum atomic E-state index is -0.456. The van der Waals surface area contributed by atoms with Crippen LogP contribution in [-0.2, 0) is 5.54 Å². The first-order chi connectivity index (χ1) is 15.9. The standard InChI is InChI=1S/C24H23ClN6O2/c25-18-13-27-23(31-24(11-12-24)15-7-5-14(6-8-15)20(26)32)30-21(18)29-19-4-2-1-3-17(19)22(33)28-16-9-10-16/h1-8,13,16H,9-12H2,(H2,26,32)(H,28,33)(H2,27,29,30,31). The first-order valence-corrected chi connectivity index (χ1v) is 11.2. The third kappa shape index (κ3) is 4.61. The number of hydrogen-bond donors (Lipinski definition) is 4. The second-order valence-corrected chi connectivity index (χ2v) is 8.86. The SMILES string of the molecule is NC(=O)c1ccc(C2(Nc3ncc(Cl)c(Nc4ccccc4C(=O)NC4CC4)n3)CC2)cc1. The molecule has 0 bridgehead atoms. The van der Waals surface area contributed by atoms with Gasteiger partial charge in [-0.2, -0.15) is 4.98 Å². The van der Waals surface area contributed by atoms with Gasteiger partial charge in [-0.3, -0.25) is 9.59 Å². The Labute approximate surface area is 196 Å². The van der Waals surface area contributed by atoms with Crippen molar-refractivity contribution in [2.45, 2.75) is 37.3 Å². The zero-order valence-corrected chi connectivity index (χ0v) is 18.5. The van der Waals surface area contributed by atoms with E-state index in [4.69, 9.17) is 17.3 Å². The first-order valence-electron chi connectivity index (χ1n) is 10.8. The number of carbonyl (C=O) groups excluding carboxylic acids is 2. The number of nitrogens with one attached hydrogen (secondary N) is 3. The van der Waals surface area contributed by atoms with Gasteiger partial charge in [-0.25, -0.2) is 4.98 Å². The number of nitrogens with two attached hydrogens (primary N) is 1. The van der Waals surface area contributed by atoms with Crippen LogP contribution in [0.25, 0.3) is 0 Å². The highest BCUT2D eigenvalue weighted by atomic mass is 35.5. The first kappa shape index (κ1) is 21.2. The molecular weight excluding hydrogens is 440 g/mol. The van der Waals surface area contributed by atoms with Crippen LogP contribution in [0.4, 0.5) is 17.5 Å². The Hall–Kier alpha value is -3.65. The van der Waals surface area contributed by atoms with Gasteiger partial charge in [0.25, 0.3) is 5.91 Å². The molecule has 2 aromatic carbocycles.